The van der Waals surface area contributed by atoms with Crippen LogP contribution < -0.4 is 14.8 Å². The number of carbonyl (C=O) groups is 1. The van der Waals surface area contributed by atoms with Gasteiger partial charge in [-0.05, 0) is 31.2 Å². The zero-order valence-corrected chi connectivity index (χ0v) is 14.6. The van der Waals surface area contributed by atoms with E-state index in [9.17, 15) is 13.6 Å². The van der Waals surface area contributed by atoms with E-state index in [1.807, 2.05) is 30.3 Å². The standard InChI is InChI=1S/C19H17F2N3O3/c1-12-15(11-22-24(12)14-6-4-3-5-7-14)18(25)23-13-8-9-16(26-2)17(10-13)27-19(20)21/h3-11,19H,1-2H3,(H,23,25). The maximum absolute atomic E-state index is 12.6. The molecule has 1 N–H and O–H groups in total. The monoisotopic (exact) mass is 373 g/mol. The summed E-state index contributed by atoms with van der Waals surface area (Å²) in [4.78, 5) is 12.6. The average molecular weight is 373 g/mol. The fourth-order valence-corrected chi connectivity index (χ4v) is 2.60. The van der Waals surface area contributed by atoms with Crippen LogP contribution in [0.15, 0.2) is 54.7 Å². The Balaban J connectivity index is 1.83. The quantitative estimate of drug-likeness (QED) is 0.708. The summed E-state index contributed by atoms with van der Waals surface area (Å²) in [6.45, 7) is -1.23. The molecule has 6 nitrogen and oxygen atoms in total. The minimum absolute atomic E-state index is 0.140. The molecular weight excluding hydrogens is 356 g/mol. The van der Waals surface area contributed by atoms with E-state index in [0.29, 0.717) is 16.9 Å². The minimum Gasteiger partial charge on any atom is -0.493 e. The van der Waals surface area contributed by atoms with E-state index in [1.165, 1.54) is 31.5 Å². The van der Waals surface area contributed by atoms with Crippen LogP contribution in [0.1, 0.15) is 16.1 Å². The van der Waals surface area contributed by atoms with E-state index in [1.54, 1.807) is 11.6 Å². The molecule has 1 heterocycles. The first-order valence-corrected chi connectivity index (χ1v) is 8.04. The number of nitrogens with one attached hydrogen (secondary N) is 1. The Morgan fingerprint density at radius 2 is 1.89 bits per heavy atom. The number of hydrogen-bond donors (Lipinski definition) is 1. The largest absolute Gasteiger partial charge is 0.493 e. The molecule has 0 saturated carbocycles. The van der Waals surface area contributed by atoms with Crippen LogP contribution in [0.25, 0.3) is 5.69 Å². The summed E-state index contributed by atoms with van der Waals surface area (Å²) in [6, 6.07) is 13.6. The lowest BCUT2D eigenvalue weighted by molar-refractivity contribution is -0.0511. The highest BCUT2D eigenvalue weighted by Gasteiger charge is 2.17. The van der Waals surface area contributed by atoms with Gasteiger partial charge in [0.15, 0.2) is 11.5 Å². The van der Waals surface area contributed by atoms with E-state index in [0.717, 1.165) is 5.69 Å². The first-order chi connectivity index (χ1) is 13.0. The number of halogens is 2. The second kappa shape index (κ2) is 7.86. The lowest BCUT2D eigenvalue weighted by Gasteiger charge is -2.12. The van der Waals surface area contributed by atoms with Gasteiger partial charge in [-0.2, -0.15) is 13.9 Å². The van der Waals surface area contributed by atoms with Crippen LogP contribution in [0, 0.1) is 6.92 Å². The maximum atomic E-state index is 12.6. The van der Waals surface area contributed by atoms with Crippen LogP contribution in [-0.2, 0) is 0 Å². The molecular formula is C19H17F2N3O3. The summed E-state index contributed by atoms with van der Waals surface area (Å²) in [5.74, 6) is -0.439. The number of alkyl halides is 2. The van der Waals surface area contributed by atoms with Gasteiger partial charge in [-0.15, -0.1) is 0 Å². The van der Waals surface area contributed by atoms with Gasteiger partial charge in [0, 0.05) is 11.8 Å². The number of ether oxygens (including phenoxy) is 2. The number of para-hydroxylation sites is 1. The van der Waals surface area contributed by atoms with Gasteiger partial charge in [-0.25, -0.2) is 4.68 Å². The Morgan fingerprint density at radius 1 is 1.15 bits per heavy atom. The molecule has 0 atom stereocenters. The topological polar surface area (TPSA) is 65.4 Å². The summed E-state index contributed by atoms with van der Waals surface area (Å²) in [5.41, 5.74) is 2.14. The number of anilines is 1. The number of hydrogen-bond acceptors (Lipinski definition) is 4. The van der Waals surface area contributed by atoms with Crippen molar-refractivity contribution in [2.24, 2.45) is 0 Å². The number of nitrogens with zero attached hydrogens (tertiary/aromatic N) is 2. The molecule has 3 rings (SSSR count). The van der Waals surface area contributed by atoms with Gasteiger partial charge in [0.05, 0.1) is 30.3 Å². The summed E-state index contributed by atoms with van der Waals surface area (Å²) >= 11 is 0. The van der Waals surface area contributed by atoms with Crippen LogP contribution >= 0.6 is 0 Å². The lowest BCUT2D eigenvalue weighted by Crippen LogP contribution is -2.13. The van der Waals surface area contributed by atoms with Crippen molar-refractivity contribution in [3.05, 3.63) is 66.0 Å². The predicted octanol–water partition coefficient (Wildman–Crippen LogP) is 4.04. The van der Waals surface area contributed by atoms with Gasteiger partial charge in [0.25, 0.3) is 5.91 Å². The van der Waals surface area contributed by atoms with Crippen LogP contribution in [0.3, 0.4) is 0 Å². The third-order valence-corrected chi connectivity index (χ3v) is 3.89. The zero-order chi connectivity index (χ0) is 19.4. The van der Waals surface area contributed by atoms with Crippen molar-refractivity contribution in [2.75, 3.05) is 12.4 Å². The fourth-order valence-electron chi connectivity index (χ4n) is 2.60. The lowest BCUT2D eigenvalue weighted by atomic mass is 10.2. The number of amides is 1. The second-order valence-electron chi connectivity index (χ2n) is 5.59. The molecule has 3 aromatic rings. The van der Waals surface area contributed by atoms with Gasteiger partial charge in [0.2, 0.25) is 0 Å². The van der Waals surface area contributed by atoms with E-state index in [-0.39, 0.29) is 11.5 Å². The summed E-state index contributed by atoms with van der Waals surface area (Å²) in [7, 11) is 1.34. The third kappa shape index (κ3) is 4.05. The number of methoxy groups -OCH3 is 1. The Bertz CT molecular complexity index is 943. The van der Waals surface area contributed by atoms with Crippen LogP contribution in [-0.4, -0.2) is 29.4 Å². The molecule has 0 fully saturated rings. The van der Waals surface area contributed by atoms with Crippen LogP contribution in [0.4, 0.5) is 14.5 Å². The SMILES string of the molecule is COc1ccc(NC(=O)c2cnn(-c3ccccc3)c2C)cc1OC(F)F. The first kappa shape index (κ1) is 18.4. The number of rotatable bonds is 6. The minimum atomic E-state index is -3.00. The average Bonchev–Trinajstić information content (AvgIpc) is 3.04. The Morgan fingerprint density at radius 3 is 2.56 bits per heavy atom. The normalized spacial score (nSPS) is 10.7. The molecule has 0 spiro atoms. The number of aromatic nitrogens is 2. The highest BCUT2D eigenvalue weighted by Crippen LogP contribution is 2.31. The second-order valence-corrected chi connectivity index (χ2v) is 5.59. The maximum Gasteiger partial charge on any atom is 0.387 e. The number of benzene rings is 2. The van der Waals surface area contributed by atoms with Crippen molar-refractivity contribution in [3.8, 4) is 17.2 Å². The molecule has 0 aliphatic carbocycles. The van der Waals surface area contributed by atoms with E-state index < -0.39 is 12.5 Å². The molecule has 0 aliphatic rings. The summed E-state index contributed by atoms with van der Waals surface area (Å²) in [6.07, 6.45) is 1.46. The Labute approximate surface area is 154 Å². The predicted molar refractivity (Wildman–Crippen MR) is 95.9 cm³/mol. The van der Waals surface area contributed by atoms with Gasteiger partial charge < -0.3 is 14.8 Å². The highest BCUT2D eigenvalue weighted by molar-refractivity contribution is 6.05. The fraction of sp³-hybridized carbons (Fsp3) is 0.158. The van der Waals surface area contributed by atoms with Crippen LogP contribution in [0.2, 0.25) is 0 Å². The molecule has 0 saturated heterocycles. The number of carbonyl (C=O) groups excluding carboxylic acids is 1. The van der Waals surface area contributed by atoms with Crippen molar-refractivity contribution in [3.63, 3.8) is 0 Å². The van der Waals surface area contributed by atoms with Gasteiger partial charge in [-0.1, -0.05) is 18.2 Å². The van der Waals surface area contributed by atoms with Gasteiger partial charge >= 0.3 is 6.61 Å². The Kier molecular flexibility index (Phi) is 5.35. The smallest absolute Gasteiger partial charge is 0.387 e. The van der Waals surface area contributed by atoms with Crippen molar-refractivity contribution in [1.82, 2.24) is 9.78 Å². The highest BCUT2D eigenvalue weighted by atomic mass is 19.3. The molecule has 140 valence electrons. The molecule has 0 bridgehead atoms. The van der Waals surface area contributed by atoms with E-state index in [2.05, 4.69) is 15.2 Å². The summed E-state index contributed by atoms with van der Waals surface area (Å²) < 4.78 is 36.1. The summed E-state index contributed by atoms with van der Waals surface area (Å²) in [5, 5.41) is 6.90. The molecule has 2 aromatic carbocycles. The van der Waals surface area contributed by atoms with Crippen molar-refractivity contribution < 1.29 is 23.0 Å². The molecule has 1 aromatic heterocycles. The molecule has 0 radical (unpaired) electrons. The first-order valence-electron chi connectivity index (χ1n) is 8.04. The van der Waals surface area contributed by atoms with Gasteiger partial charge in [-0.3, -0.25) is 4.79 Å². The molecule has 0 aliphatic heterocycles. The molecule has 27 heavy (non-hydrogen) atoms. The van der Waals surface area contributed by atoms with Crippen LogP contribution in [0.5, 0.6) is 11.5 Å². The van der Waals surface area contributed by atoms with E-state index >= 15 is 0 Å². The molecule has 1 amide bonds. The van der Waals surface area contributed by atoms with Crippen molar-refractivity contribution in [1.29, 1.82) is 0 Å². The Hall–Kier alpha value is -3.42. The third-order valence-electron chi connectivity index (χ3n) is 3.89. The van der Waals surface area contributed by atoms with Crippen molar-refractivity contribution in [2.45, 2.75) is 13.5 Å². The molecule has 0 unspecified atom stereocenters. The molecule has 8 heteroatoms. The van der Waals surface area contributed by atoms with E-state index in [4.69, 9.17) is 4.74 Å². The van der Waals surface area contributed by atoms with Crippen molar-refractivity contribution >= 4 is 11.6 Å². The zero-order valence-electron chi connectivity index (χ0n) is 14.6. The van der Waals surface area contributed by atoms with Gasteiger partial charge in [0.1, 0.15) is 0 Å².